The standard InChI is InChI=1S/C19H28N4O4/c1-8-27-16-13(6)9-20-17-15(16)18(25)22(19(26)21(17)7)10-14(24)23(11(2)3)12(4)5/h9,11-12H,8,10H2,1-7H3. The van der Waals surface area contributed by atoms with Gasteiger partial charge >= 0.3 is 5.69 Å². The minimum atomic E-state index is -0.577. The molecule has 8 heteroatoms. The number of carbonyl (C=O) groups excluding carboxylic acids is 1. The molecule has 1 amide bonds. The van der Waals surface area contributed by atoms with Crippen LogP contribution in [0.15, 0.2) is 15.8 Å². The molecule has 0 saturated carbocycles. The third-order valence-corrected chi connectivity index (χ3v) is 4.47. The van der Waals surface area contributed by atoms with Gasteiger partial charge in [0.05, 0.1) is 6.61 Å². The average molecular weight is 376 g/mol. The van der Waals surface area contributed by atoms with Crippen LogP contribution in [-0.2, 0) is 18.4 Å². The van der Waals surface area contributed by atoms with Crippen LogP contribution >= 0.6 is 0 Å². The van der Waals surface area contributed by atoms with Gasteiger partial charge in [0.25, 0.3) is 5.56 Å². The molecule has 0 saturated heterocycles. The molecule has 2 aromatic heterocycles. The highest BCUT2D eigenvalue weighted by Gasteiger charge is 2.24. The first-order valence-corrected chi connectivity index (χ1v) is 9.14. The lowest BCUT2D eigenvalue weighted by Crippen LogP contribution is -2.48. The Morgan fingerprint density at radius 3 is 2.33 bits per heavy atom. The molecule has 0 aliphatic heterocycles. The highest BCUT2D eigenvalue weighted by Crippen LogP contribution is 2.24. The monoisotopic (exact) mass is 376 g/mol. The number of aryl methyl sites for hydroxylation is 2. The third kappa shape index (κ3) is 3.74. The second kappa shape index (κ2) is 7.94. The molecule has 2 aromatic rings. The lowest BCUT2D eigenvalue weighted by molar-refractivity contribution is -0.135. The molecule has 0 atom stereocenters. The zero-order chi connectivity index (χ0) is 20.5. The van der Waals surface area contributed by atoms with Crippen molar-refractivity contribution in [3.8, 4) is 5.75 Å². The molecule has 27 heavy (non-hydrogen) atoms. The van der Waals surface area contributed by atoms with Crippen molar-refractivity contribution in [3.63, 3.8) is 0 Å². The molecule has 8 nitrogen and oxygen atoms in total. The number of ether oxygens (including phenoxy) is 1. The molecule has 0 aliphatic rings. The van der Waals surface area contributed by atoms with Gasteiger partial charge in [-0.15, -0.1) is 0 Å². The summed E-state index contributed by atoms with van der Waals surface area (Å²) in [5.41, 5.74) is -0.197. The van der Waals surface area contributed by atoms with E-state index < -0.39 is 11.2 Å². The van der Waals surface area contributed by atoms with E-state index in [1.54, 1.807) is 18.0 Å². The van der Waals surface area contributed by atoms with Crippen molar-refractivity contribution in [1.29, 1.82) is 0 Å². The lowest BCUT2D eigenvalue weighted by Gasteiger charge is -2.31. The number of fused-ring (bicyclic) bond motifs is 1. The number of amides is 1. The van der Waals surface area contributed by atoms with E-state index in [-0.39, 0.29) is 35.6 Å². The fourth-order valence-electron chi connectivity index (χ4n) is 3.38. The summed E-state index contributed by atoms with van der Waals surface area (Å²) in [4.78, 5) is 44.5. The molecule has 0 fully saturated rings. The van der Waals surface area contributed by atoms with Gasteiger partial charge in [-0.3, -0.25) is 14.2 Å². The maximum absolute atomic E-state index is 13.1. The van der Waals surface area contributed by atoms with Crippen molar-refractivity contribution >= 4 is 16.9 Å². The van der Waals surface area contributed by atoms with Crippen molar-refractivity contribution in [2.75, 3.05) is 6.61 Å². The summed E-state index contributed by atoms with van der Waals surface area (Å²) in [6.45, 7) is 11.3. The van der Waals surface area contributed by atoms with E-state index in [2.05, 4.69) is 4.98 Å². The Morgan fingerprint density at radius 2 is 1.81 bits per heavy atom. The Bertz CT molecular complexity index is 964. The average Bonchev–Trinajstić information content (AvgIpc) is 2.58. The largest absolute Gasteiger partial charge is 0.493 e. The molecule has 2 rings (SSSR count). The molecular formula is C19H28N4O4. The van der Waals surface area contributed by atoms with Crippen molar-refractivity contribution in [2.45, 2.75) is 60.2 Å². The maximum Gasteiger partial charge on any atom is 0.332 e. The van der Waals surface area contributed by atoms with Crippen molar-refractivity contribution < 1.29 is 9.53 Å². The summed E-state index contributed by atoms with van der Waals surface area (Å²) in [5, 5.41) is 0.215. The number of hydrogen-bond acceptors (Lipinski definition) is 5. The van der Waals surface area contributed by atoms with Crippen LogP contribution < -0.4 is 16.0 Å². The Kier molecular flexibility index (Phi) is 6.08. The van der Waals surface area contributed by atoms with Crippen molar-refractivity contribution in [1.82, 2.24) is 19.0 Å². The van der Waals surface area contributed by atoms with Gasteiger partial charge in [0, 0.05) is 30.9 Å². The normalized spacial score (nSPS) is 11.4. The fourth-order valence-corrected chi connectivity index (χ4v) is 3.38. The summed E-state index contributed by atoms with van der Waals surface area (Å²) in [6, 6.07) is -0.0826. The Hall–Kier alpha value is -2.64. The number of carbonyl (C=O) groups is 1. The van der Waals surface area contributed by atoms with E-state index in [0.29, 0.717) is 17.9 Å². The van der Waals surface area contributed by atoms with Crippen LogP contribution in [0.1, 0.15) is 40.2 Å². The van der Waals surface area contributed by atoms with E-state index >= 15 is 0 Å². The minimum absolute atomic E-state index is 0.0413. The Balaban J connectivity index is 2.71. The Morgan fingerprint density at radius 1 is 1.22 bits per heavy atom. The van der Waals surface area contributed by atoms with Gasteiger partial charge in [-0.2, -0.15) is 0 Å². The quantitative estimate of drug-likeness (QED) is 0.762. The first-order chi connectivity index (χ1) is 12.6. The first-order valence-electron chi connectivity index (χ1n) is 9.14. The molecule has 0 bridgehead atoms. The molecular weight excluding hydrogens is 348 g/mol. The van der Waals surface area contributed by atoms with Gasteiger partial charge in [-0.05, 0) is 41.5 Å². The SMILES string of the molecule is CCOc1c(C)cnc2c1c(=O)n(CC(=O)N(C(C)C)C(C)C)c(=O)n2C. The van der Waals surface area contributed by atoms with Crippen molar-refractivity contribution in [2.24, 2.45) is 7.05 Å². The van der Waals surface area contributed by atoms with Crippen LogP contribution in [0.5, 0.6) is 5.75 Å². The molecule has 0 aromatic carbocycles. The van der Waals surface area contributed by atoms with E-state index in [1.807, 2.05) is 34.6 Å². The first kappa shape index (κ1) is 20.7. The van der Waals surface area contributed by atoms with Gasteiger partial charge in [-0.1, -0.05) is 0 Å². The zero-order valence-corrected chi connectivity index (χ0v) is 17.1. The third-order valence-electron chi connectivity index (χ3n) is 4.47. The second-order valence-electron chi connectivity index (χ2n) is 7.12. The van der Waals surface area contributed by atoms with Gasteiger partial charge in [-0.25, -0.2) is 14.3 Å². The summed E-state index contributed by atoms with van der Waals surface area (Å²) >= 11 is 0. The number of rotatable bonds is 6. The molecule has 0 aliphatic carbocycles. The minimum Gasteiger partial charge on any atom is -0.493 e. The lowest BCUT2D eigenvalue weighted by atomic mass is 10.2. The Labute approximate surface area is 158 Å². The number of aromatic nitrogens is 3. The topological polar surface area (TPSA) is 86.4 Å². The fraction of sp³-hybridized carbons (Fsp3) is 0.579. The molecule has 0 N–H and O–H groups in total. The van der Waals surface area contributed by atoms with Crippen LogP contribution in [0, 0.1) is 6.92 Å². The van der Waals surface area contributed by atoms with E-state index in [4.69, 9.17) is 4.74 Å². The molecule has 0 radical (unpaired) electrons. The van der Waals surface area contributed by atoms with Crippen LogP contribution in [0.2, 0.25) is 0 Å². The molecule has 148 valence electrons. The van der Waals surface area contributed by atoms with Crippen LogP contribution in [0.3, 0.4) is 0 Å². The molecule has 0 unspecified atom stereocenters. The second-order valence-corrected chi connectivity index (χ2v) is 7.12. The smallest absolute Gasteiger partial charge is 0.332 e. The summed E-state index contributed by atoms with van der Waals surface area (Å²) in [7, 11) is 1.53. The van der Waals surface area contributed by atoms with Gasteiger partial charge in [0.15, 0.2) is 5.65 Å². The predicted octanol–water partition coefficient (Wildman–Crippen LogP) is 1.45. The van der Waals surface area contributed by atoms with Crippen LogP contribution in [0.25, 0.3) is 11.0 Å². The summed E-state index contributed by atoms with van der Waals surface area (Å²) in [5.74, 6) is 0.117. The number of nitrogens with zero attached hydrogens (tertiary/aromatic N) is 4. The van der Waals surface area contributed by atoms with Crippen molar-refractivity contribution in [3.05, 3.63) is 32.6 Å². The van der Waals surface area contributed by atoms with Crippen LogP contribution in [-0.4, -0.2) is 43.6 Å². The van der Waals surface area contributed by atoms with E-state index in [9.17, 15) is 14.4 Å². The maximum atomic E-state index is 13.1. The highest BCUT2D eigenvalue weighted by molar-refractivity contribution is 5.83. The van der Waals surface area contributed by atoms with Crippen LogP contribution in [0.4, 0.5) is 0 Å². The predicted molar refractivity (Wildman–Crippen MR) is 104 cm³/mol. The summed E-state index contributed by atoms with van der Waals surface area (Å²) in [6.07, 6.45) is 1.57. The number of pyridine rings is 1. The summed E-state index contributed by atoms with van der Waals surface area (Å²) < 4.78 is 7.89. The van der Waals surface area contributed by atoms with E-state index in [0.717, 1.165) is 4.57 Å². The van der Waals surface area contributed by atoms with Gasteiger partial charge < -0.3 is 9.64 Å². The van der Waals surface area contributed by atoms with Gasteiger partial charge in [0.1, 0.15) is 17.7 Å². The van der Waals surface area contributed by atoms with E-state index in [1.165, 1.54) is 11.6 Å². The van der Waals surface area contributed by atoms with Gasteiger partial charge in [0.2, 0.25) is 5.91 Å². The molecule has 2 heterocycles. The highest BCUT2D eigenvalue weighted by atomic mass is 16.5. The number of hydrogen-bond donors (Lipinski definition) is 0. The zero-order valence-electron chi connectivity index (χ0n) is 17.1. The molecule has 0 spiro atoms.